The molecule has 0 atom stereocenters. The first-order valence-electron chi connectivity index (χ1n) is 13.3. The maximum absolute atomic E-state index is 6.03. The van der Waals surface area contributed by atoms with Crippen LogP contribution < -0.4 is 15.4 Å². The smallest absolute Gasteiger partial charge is 0.223 e. The minimum atomic E-state index is 0.265. The van der Waals surface area contributed by atoms with Crippen LogP contribution in [0.2, 0.25) is 0 Å². The van der Waals surface area contributed by atoms with Crippen LogP contribution >= 0.6 is 0 Å². The van der Waals surface area contributed by atoms with Gasteiger partial charge in [0.25, 0.3) is 0 Å². The maximum Gasteiger partial charge on any atom is 0.223 e. The summed E-state index contributed by atoms with van der Waals surface area (Å²) in [5.41, 5.74) is 8.44. The van der Waals surface area contributed by atoms with Gasteiger partial charge in [-0.05, 0) is 43.2 Å². The van der Waals surface area contributed by atoms with Gasteiger partial charge >= 0.3 is 0 Å². The molecule has 2 N–H and O–H groups in total. The average molecular weight is 522 g/mol. The number of methoxy groups -OCH3 is 1. The lowest BCUT2D eigenvalue weighted by molar-refractivity contribution is 0.243. The Kier molecular flexibility index (Phi) is 9.36. The molecule has 1 saturated heterocycles. The third kappa shape index (κ3) is 6.52. The van der Waals surface area contributed by atoms with E-state index < -0.39 is 0 Å². The van der Waals surface area contributed by atoms with Crippen LogP contribution in [0.15, 0.2) is 41.5 Å². The molecule has 2 aromatic heterocycles. The monoisotopic (exact) mass is 521 g/mol. The van der Waals surface area contributed by atoms with E-state index in [1.165, 1.54) is 10.2 Å². The van der Waals surface area contributed by atoms with Crippen LogP contribution in [0.1, 0.15) is 32.5 Å². The van der Waals surface area contributed by atoms with Gasteiger partial charge in [0.2, 0.25) is 11.8 Å². The zero-order valence-electron chi connectivity index (χ0n) is 22.9. The molecular formula is C27H39N9O2. The van der Waals surface area contributed by atoms with Gasteiger partial charge in [-0.3, -0.25) is 4.90 Å². The number of nitrogen functional groups attached to an aromatic ring is 1. The van der Waals surface area contributed by atoms with Crippen molar-refractivity contribution in [2.45, 2.75) is 26.7 Å². The molecule has 0 aliphatic carbocycles. The van der Waals surface area contributed by atoms with Crippen molar-refractivity contribution in [3.8, 4) is 5.75 Å². The molecule has 0 saturated carbocycles. The molecule has 11 nitrogen and oxygen atoms in total. The predicted molar refractivity (Wildman–Crippen MR) is 152 cm³/mol. The lowest BCUT2D eigenvalue weighted by Crippen LogP contribution is -2.48. The van der Waals surface area contributed by atoms with E-state index in [0.29, 0.717) is 29.5 Å². The number of fused-ring (bicyclic) bond motifs is 1. The van der Waals surface area contributed by atoms with Gasteiger partial charge < -0.3 is 25.0 Å². The molecule has 1 fully saturated rings. The van der Waals surface area contributed by atoms with Crippen LogP contribution in [0.25, 0.3) is 11.4 Å². The Morgan fingerprint density at radius 2 is 1.92 bits per heavy atom. The Bertz CT molecular complexity index is 1230. The summed E-state index contributed by atoms with van der Waals surface area (Å²) in [5, 5.41) is 4.48. The highest BCUT2D eigenvalue weighted by Gasteiger charge is 2.18. The number of ether oxygens (including phenoxy) is 2. The van der Waals surface area contributed by atoms with E-state index in [4.69, 9.17) is 15.2 Å². The summed E-state index contributed by atoms with van der Waals surface area (Å²) >= 11 is 0. The van der Waals surface area contributed by atoms with E-state index in [1.807, 2.05) is 45.4 Å². The number of hydrogen-bond donors (Lipinski definition) is 1. The normalized spacial score (nSPS) is 16.1. The Balaban J connectivity index is 0.00000164. The van der Waals surface area contributed by atoms with E-state index >= 15 is 0 Å². The molecule has 0 radical (unpaired) electrons. The highest BCUT2D eigenvalue weighted by molar-refractivity contribution is 5.72. The molecular weight excluding hydrogens is 482 g/mol. The van der Waals surface area contributed by atoms with E-state index in [0.717, 1.165) is 57.9 Å². The molecule has 0 spiro atoms. The molecule has 0 amide bonds. The SMILES string of the molecule is CC.COc1ccc(N2CCN(CCN(C)C=Nc3cnc(N)n4nc(C5=CCCCO5)nc34)CC2)cc1. The molecule has 4 heterocycles. The van der Waals surface area contributed by atoms with Crippen molar-refractivity contribution in [1.82, 2.24) is 29.4 Å². The maximum atomic E-state index is 6.03. The number of nitrogens with two attached hydrogens (primary N) is 1. The van der Waals surface area contributed by atoms with E-state index in [1.54, 1.807) is 13.3 Å². The summed E-state index contributed by atoms with van der Waals surface area (Å²) in [7, 11) is 3.72. The van der Waals surface area contributed by atoms with Gasteiger partial charge in [0.15, 0.2) is 11.4 Å². The summed E-state index contributed by atoms with van der Waals surface area (Å²) in [6, 6.07) is 8.28. The third-order valence-electron chi connectivity index (χ3n) is 6.50. The first-order valence-corrected chi connectivity index (χ1v) is 13.3. The van der Waals surface area contributed by atoms with Gasteiger partial charge in [-0.25, -0.2) is 15.0 Å². The second kappa shape index (κ2) is 13.1. The quantitative estimate of drug-likeness (QED) is 0.353. The van der Waals surface area contributed by atoms with Crippen LogP contribution in [0, 0.1) is 0 Å². The van der Waals surface area contributed by atoms with Crippen molar-refractivity contribution in [3.05, 3.63) is 42.4 Å². The molecule has 204 valence electrons. The molecule has 0 unspecified atom stereocenters. The van der Waals surface area contributed by atoms with E-state index in [2.05, 4.69) is 46.9 Å². The fraction of sp³-hybridized carbons (Fsp3) is 0.481. The van der Waals surface area contributed by atoms with Gasteiger partial charge in [-0.2, -0.15) is 4.52 Å². The first kappa shape index (κ1) is 27.2. The Labute approximate surface area is 224 Å². The zero-order valence-corrected chi connectivity index (χ0v) is 22.9. The highest BCUT2D eigenvalue weighted by Crippen LogP contribution is 2.24. The second-order valence-corrected chi connectivity index (χ2v) is 8.98. The number of anilines is 2. The minimum Gasteiger partial charge on any atom is -0.497 e. The predicted octanol–water partition coefficient (Wildman–Crippen LogP) is 3.31. The summed E-state index contributed by atoms with van der Waals surface area (Å²) in [6.45, 7) is 10.6. The van der Waals surface area contributed by atoms with E-state index in [9.17, 15) is 0 Å². The van der Waals surface area contributed by atoms with Crippen molar-refractivity contribution < 1.29 is 9.47 Å². The molecule has 38 heavy (non-hydrogen) atoms. The lowest BCUT2D eigenvalue weighted by atomic mass is 10.2. The average Bonchev–Trinajstić information content (AvgIpc) is 3.44. The van der Waals surface area contributed by atoms with Crippen molar-refractivity contribution >= 4 is 35.1 Å². The largest absolute Gasteiger partial charge is 0.497 e. The van der Waals surface area contributed by atoms with Crippen molar-refractivity contribution in [1.29, 1.82) is 0 Å². The van der Waals surface area contributed by atoms with Crippen LogP contribution in [-0.4, -0.2) is 95.8 Å². The number of piperazine rings is 1. The number of benzene rings is 1. The number of aromatic nitrogens is 4. The standard InChI is InChI=1S/C25H33N9O2.C2H6/c1-31(10-11-32-12-14-33(15-13-32)19-6-8-20(35-2)9-7-19)18-28-21-17-27-25(26)34-24(21)29-23(30-34)22-5-3-4-16-36-22;1-2/h5-9,17-18H,3-4,10-16H2,1-2H3,(H2,26,27);1-2H3. The summed E-state index contributed by atoms with van der Waals surface area (Å²) < 4.78 is 12.5. The Hall–Kier alpha value is -3.86. The fourth-order valence-electron chi connectivity index (χ4n) is 4.33. The Morgan fingerprint density at radius 1 is 1.16 bits per heavy atom. The second-order valence-electron chi connectivity index (χ2n) is 8.98. The fourth-order valence-corrected chi connectivity index (χ4v) is 4.33. The van der Waals surface area contributed by atoms with Gasteiger partial charge in [0.1, 0.15) is 11.4 Å². The number of rotatable bonds is 8. The van der Waals surface area contributed by atoms with Crippen LogP contribution in [-0.2, 0) is 4.74 Å². The number of likely N-dealkylation sites (N-methyl/N-ethyl adjacent to an activating group) is 1. The van der Waals surface area contributed by atoms with Crippen molar-refractivity contribution in [3.63, 3.8) is 0 Å². The molecule has 1 aromatic carbocycles. The van der Waals surface area contributed by atoms with Gasteiger partial charge in [-0.1, -0.05) is 13.8 Å². The van der Waals surface area contributed by atoms with E-state index in [-0.39, 0.29) is 5.95 Å². The number of hydrogen-bond acceptors (Lipinski definition) is 9. The van der Waals surface area contributed by atoms with Crippen LogP contribution in [0.3, 0.4) is 0 Å². The van der Waals surface area contributed by atoms with Gasteiger partial charge in [0, 0.05) is 52.0 Å². The molecule has 2 aliphatic rings. The highest BCUT2D eigenvalue weighted by atomic mass is 16.5. The van der Waals surface area contributed by atoms with Gasteiger partial charge in [0.05, 0.1) is 26.3 Å². The summed E-state index contributed by atoms with van der Waals surface area (Å²) in [5.74, 6) is 2.34. The van der Waals surface area contributed by atoms with Gasteiger partial charge in [-0.15, -0.1) is 5.10 Å². The minimum absolute atomic E-state index is 0.265. The van der Waals surface area contributed by atoms with Crippen LogP contribution in [0.4, 0.5) is 17.3 Å². The molecule has 5 rings (SSSR count). The third-order valence-corrected chi connectivity index (χ3v) is 6.50. The molecule has 11 heteroatoms. The summed E-state index contributed by atoms with van der Waals surface area (Å²) in [6.07, 6.45) is 7.40. The first-order chi connectivity index (χ1) is 18.6. The van der Waals surface area contributed by atoms with Crippen molar-refractivity contribution in [2.24, 2.45) is 4.99 Å². The topological polar surface area (TPSA) is 110 Å². The number of nitrogens with zero attached hydrogens (tertiary/aromatic N) is 8. The molecule has 0 bridgehead atoms. The zero-order chi connectivity index (χ0) is 26.9. The van der Waals surface area contributed by atoms with Crippen molar-refractivity contribution in [2.75, 3.05) is 70.7 Å². The van der Waals surface area contributed by atoms with Crippen LogP contribution in [0.5, 0.6) is 5.75 Å². The Morgan fingerprint density at radius 3 is 2.61 bits per heavy atom. The summed E-state index contributed by atoms with van der Waals surface area (Å²) in [4.78, 5) is 20.5. The molecule has 3 aromatic rings. The lowest BCUT2D eigenvalue weighted by Gasteiger charge is -2.36. The number of aliphatic imine (C=N–C) groups is 1. The molecule has 2 aliphatic heterocycles. The number of allylic oxidation sites excluding steroid dienone is 1.